The molecule has 4 amide bonds. The Bertz CT molecular complexity index is 621. The third kappa shape index (κ3) is 3.87. The zero-order valence-corrected chi connectivity index (χ0v) is 15.8. The fraction of sp³-hybridized carbons (Fsp3) is 0.800. The summed E-state index contributed by atoms with van der Waals surface area (Å²) < 4.78 is 0. The zero-order valence-electron chi connectivity index (χ0n) is 15.8. The Balaban J connectivity index is 1.29. The molecule has 2 heterocycles. The first kappa shape index (κ1) is 18.4. The Hall–Kier alpha value is -1.92. The molecule has 7 heteroatoms. The number of nitrogens with one attached hydrogen (secondary N) is 1. The van der Waals surface area contributed by atoms with E-state index in [2.05, 4.69) is 5.32 Å². The molecule has 2 aliphatic heterocycles. The van der Waals surface area contributed by atoms with E-state index in [9.17, 15) is 19.2 Å². The lowest BCUT2D eigenvalue weighted by molar-refractivity contribution is -0.141. The van der Waals surface area contributed by atoms with Crippen LogP contribution in [0.1, 0.15) is 57.8 Å². The summed E-state index contributed by atoms with van der Waals surface area (Å²) in [6.45, 7) is 1.28. The molecule has 3 atom stereocenters. The van der Waals surface area contributed by atoms with Crippen LogP contribution in [0.5, 0.6) is 0 Å². The molecule has 0 aromatic heterocycles. The number of likely N-dealkylation sites (tertiary alicyclic amines) is 2. The molecule has 4 rings (SSSR count). The highest BCUT2D eigenvalue weighted by atomic mass is 16.2. The van der Waals surface area contributed by atoms with Crippen molar-refractivity contribution in [1.29, 1.82) is 0 Å². The van der Waals surface area contributed by atoms with Gasteiger partial charge in [0.15, 0.2) is 0 Å². The van der Waals surface area contributed by atoms with Crippen LogP contribution in [0.3, 0.4) is 0 Å². The molecule has 0 aromatic carbocycles. The normalized spacial score (nSPS) is 31.0. The smallest absolute Gasteiger partial charge is 0.233 e. The number of carbonyl (C=O) groups excluding carboxylic acids is 4. The second-order valence-corrected chi connectivity index (χ2v) is 8.54. The van der Waals surface area contributed by atoms with Crippen molar-refractivity contribution in [2.75, 3.05) is 19.6 Å². The largest absolute Gasteiger partial charge is 0.353 e. The highest BCUT2D eigenvalue weighted by Crippen LogP contribution is 2.38. The minimum Gasteiger partial charge on any atom is -0.353 e. The quantitative estimate of drug-likeness (QED) is 0.728. The van der Waals surface area contributed by atoms with E-state index < -0.39 is 0 Å². The summed E-state index contributed by atoms with van der Waals surface area (Å²) in [7, 11) is 0. The molecule has 0 bridgehead atoms. The summed E-state index contributed by atoms with van der Waals surface area (Å²) in [6.07, 6.45) is 7.51. The molecule has 0 spiro atoms. The van der Waals surface area contributed by atoms with Gasteiger partial charge in [-0.25, -0.2) is 0 Å². The van der Waals surface area contributed by atoms with Crippen molar-refractivity contribution in [2.45, 2.75) is 63.8 Å². The van der Waals surface area contributed by atoms with Crippen molar-refractivity contribution in [3.8, 4) is 0 Å². The van der Waals surface area contributed by atoms with Crippen molar-refractivity contribution < 1.29 is 19.2 Å². The number of carbonyl (C=O) groups is 4. The number of hydrogen-bond donors (Lipinski definition) is 1. The fourth-order valence-electron chi connectivity index (χ4n) is 4.78. The molecule has 2 aliphatic carbocycles. The molecule has 0 aromatic rings. The molecule has 7 nitrogen and oxygen atoms in total. The van der Waals surface area contributed by atoms with Gasteiger partial charge in [-0.05, 0) is 38.5 Å². The number of rotatable bonds is 5. The first-order valence-electron chi connectivity index (χ1n) is 10.5. The number of nitrogens with zero attached hydrogens (tertiary/aromatic N) is 2. The van der Waals surface area contributed by atoms with Crippen molar-refractivity contribution in [1.82, 2.24) is 15.1 Å². The monoisotopic (exact) mass is 375 g/mol. The Morgan fingerprint density at radius 2 is 1.59 bits per heavy atom. The van der Waals surface area contributed by atoms with Gasteiger partial charge in [-0.1, -0.05) is 12.8 Å². The maximum atomic E-state index is 12.6. The second kappa shape index (κ2) is 7.60. The van der Waals surface area contributed by atoms with Gasteiger partial charge in [0.25, 0.3) is 0 Å². The Morgan fingerprint density at radius 3 is 2.22 bits per heavy atom. The minimum absolute atomic E-state index is 0.0592. The predicted octanol–water partition coefficient (Wildman–Crippen LogP) is 1.07. The van der Waals surface area contributed by atoms with E-state index >= 15 is 0 Å². The van der Waals surface area contributed by atoms with Gasteiger partial charge < -0.3 is 10.2 Å². The Kier molecular flexibility index (Phi) is 5.19. The number of amides is 4. The highest BCUT2D eigenvalue weighted by molar-refractivity contribution is 6.05. The van der Waals surface area contributed by atoms with Crippen molar-refractivity contribution >= 4 is 23.6 Å². The van der Waals surface area contributed by atoms with Crippen LogP contribution in [0, 0.1) is 17.8 Å². The Morgan fingerprint density at radius 1 is 0.926 bits per heavy atom. The maximum absolute atomic E-state index is 12.6. The van der Waals surface area contributed by atoms with Gasteiger partial charge in [0.1, 0.15) is 0 Å². The van der Waals surface area contributed by atoms with E-state index in [0.29, 0.717) is 19.1 Å². The molecule has 4 aliphatic rings. The molecule has 2 saturated heterocycles. The highest BCUT2D eigenvalue weighted by Gasteiger charge is 2.48. The number of hydrogen-bond acceptors (Lipinski definition) is 4. The van der Waals surface area contributed by atoms with E-state index in [1.807, 2.05) is 0 Å². The summed E-state index contributed by atoms with van der Waals surface area (Å²) in [6, 6.07) is 0.333. The van der Waals surface area contributed by atoms with Crippen molar-refractivity contribution in [2.24, 2.45) is 17.8 Å². The molecule has 0 radical (unpaired) electrons. The molecular weight excluding hydrogens is 346 g/mol. The van der Waals surface area contributed by atoms with Crippen LogP contribution in [0.15, 0.2) is 0 Å². The fourth-order valence-corrected chi connectivity index (χ4v) is 4.78. The van der Waals surface area contributed by atoms with Crippen LogP contribution in [-0.4, -0.2) is 59.1 Å². The minimum atomic E-state index is -0.160. The number of piperidine rings is 1. The van der Waals surface area contributed by atoms with Gasteiger partial charge in [0, 0.05) is 32.1 Å². The average molecular weight is 375 g/mol. The molecular formula is C20H29N3O4. The molecule has 2 saturated carbocycles. The van der Waals surface area contributed by atoms with Crippen molar-refractivity contribution in [3.63, 3.8) is 0 Å². The van der Waals surface area contributed by atoms with Crippen LogP contribution in [-0.2, 0) is 19.2 Å². The van der Waals surface area contributed by atoms with Crippen LogP contribution < -0.4 is 5.32 Å². The van der Waals surface area contributed by atoms with Crippen molar-refractivity contribution in [3.05, 3.63) is 0 Å². The topological polar surface area (TPSA) is 86.8 Å². The second-order valence-electron chi connectivity index (χ2n) is 8.54. The molecule has 4 fully saturated rings. The first-order valence-corrected chi connectivity index (χ1v) is 10.5. The number of imide groups is 1. The van der Waals surface area contributed by atoms with Gasteiger partial charge in [0.2, 0.25) is 23.6 Å². The number of fused-ring (bicyclic) bond motifs is 1. The zero-order chi connectivity index (χ0) is 19.0. The van der Waals surface area contributed by atoms with E-state index in [1.165, 1.54) is 4.90 Å². The molecule has 3 unspecified atom stereocenters. The van der Waals surface area contributed by atoms with E-state index in [-0.39, 0.29) is 54.3 Å². The first-order chi connectivity index (χ1) is 13.0. The van der Waals surface area contributed by atoms with Gasteiger partial charge in [0.05, 0.1) is 17.8 Å². The van der Waals surface area contributed by atoms with Crippen LogP contribution in [0.4, 0.5) is 0 Å². The summed E-state index contributed by atoms with van der Waals surface area (Å²) in [4.78, 5) is 53.0. The van der Waals surface area contributed by atoms with E-state index in [0.717, 1.165) is 51.4 Å². The van der Waals surface area contributed by atoms with Gasteiger partial charge in [-0.3, -0.25) is 24.1 Å². The summed E-state index contributed by atoms with van der Waals surface area (Å²) >= 11 is 0. The van der Waals surface area contributed by atoms with E-state index in [1.54, 1.807) is 4.90 Å². The molecule has 27 heavy (non-hydrogen) atoms. The predicted molar refractivity (Wildman–Crippen MR) is 97.3 cm³/mol. The van der Waals surface area contributed by atoms with Gasteiger partial charge in [-0.15, -0.1) is 0 Å². The molecule has 1 N–H and O–H groups in total. The SMILES string of the molecule is O=C(NC1CC1)C1CCCN(C(=O)CCN2C(=O)C3CCCCC3C2=O)C1. The third-order valence-electron chi connectivity index (χ3n) is 6.55. The lowest BCUT2D eigenvalue weighted by Gasteiger charge is -2.32. The summed E-state index contributed by atoms with van der Waals surface area (Å²) in [5, 5.41) is 3.03. The van der Waals surface area contributed by atoms with Crippen LogP contribution in [0.25, 0.3) is 0 Å². The van der Waals surface area contributed by atoms with E-state index in [4.69, 9.17) is 0 Å². The van der Waals surface area contributed by atoms with Crippen LogP contribution >= 0.6 is 0 Å². The average Bonchev–Trinajstić information content (AvgIpc) is 3.47. The lowest BCUT2D eigenvalue weighted by Crippen LogP contribution is -2.46. The van der Waals surface area contributed by atoms with Gasteiger partial charge >= 0.3 is 0 Å². The maximum Gasteiger partial charge on any atom is 0.233 e. The summed E-state index contributed by atoms with van der Waals surface area (Å²) in [5.74, 6) is -0.631. The van der Waals surface area contributed by atoms with Gasteiger partial charge in [-0.2, -0.15) is 0 Å². The summed E-state index contributed by atoms with van der Waals surface area (Å²) in [5.41, 5.74) is 0. The molecule has 148 valence electrons. The third-order valence-corrected chi connectivity index (χ3v) is 6.55. The Labute approximate surface area is 159 Å². The van der Waals surface area contributed by atoms with Crippen LogP contribution in [0.2, 0.25) is 0 Å². The lowest BCUT2D eigenvalue weighted by atomic mass is 9.81. The standard InChI is InChI=1S/C20H29N3O4/c24-17(22-10-3-4-13(12-22)18(25)21-14-7-8-14)9-11-23-19(26)15-5-1-2-6-16(15)20(23)27/h13-16H,1-12H2,(H,21,25).